The number of thiocarbonyl (C=S) groups is 1. The maximum Gasteiger partial charge on any atom is 0.305 e. The van der Waals surface area contributed by atoms with Gasteiger partial charge in [0.05, 0.1) is 6.42 Å². The van der Waals surface area contributed by atoms with E-state index in [4.69, 9.17) is 17.3 Å². The minimum Gasteiger partial charge on any atom is -0.481 e. The molecule has 3 nitrogen and oxygen atoms in total. The molecule has 2 unspecified atom stereocenters. The van der Waals surface area contributed by atoms with Gasteiger partial charge in [-0.3, -0.25) is 4.79 Å². The van der Waals surface area contributed by atoms with Crippen LogP contribution >= 0.6 is 24.0 Å². The van der Waals surface area contributed by atoms with Crippen molar-refractivity contribution in [3.05, 3.63) is 0 Å². The Morgan fingerprint density at radius 2 is 2.55 bits per heavy atom. The topological polar surface area (TPSA) is 49.3 Å². The van der Waals surface area contributed by atoms with Crippen LogP contribution in [0.4, 0.5) is 0 Å². The van der Waals surface area contributed by atoms with Gasteiger partial charge in [0.2, 0.25) is 0 Å². The Bertz CT molecular complexity index is 195. The van der Waals surface area contributed by atoms with Crippen molar-refractivity contribution in [2.75, 3.05) is 0 Å². The van der Waals surface area contributed by atoms with Gasteiger partial charge in [-0.25, -0.2) is 0 Å². The highest BCUT2D eigenvalue weighted by Gasteiger charge is 2.28. The minimum atomic E-state index is -0.778. The standard InChI is InChI=1S/C6H9NO2S2/c1-3-4(2-5(8)9)7-6(10)11-3/h3-4H,2H2,1H3,(H,7,10)(H,8,9). The van der Waals surface area contributed by atoms with Crippen molar-refractivity contribution in [2.24, 2.45) is 0 Å². The zero-order valence-electron chi connectivity index (χ0n) is 6.03. The third-order valence-corrected chi connectivity index (χ3v) is 3.00. The van der Waals surface area contributed by atoms with Crippen LogP contribution in [0.1, 0.15) is 13.3 Å². The van der Waals surface area contributed by atoms with Crippen molar-refractivity contribution in [3.8, 4) is 0 Å². The summed E-state index contributed by atoms with van der Waals surface area (Å²) in [7, 11) is 0. The summed E-state index contributed by atoms with van der Waals surface area (Å²) in [5.41, 5.74) is 0. The van der Waals surface area contributed by atoms with Crippen molar-refractivity contribution in [1.82, 2.24) is 5.32 Å². The monoisotopic (exact) mass is 191 g/mol. The summed E-state index contributed by atoms with van der Waals surface area (Å²) < 4.78 is 0.712. The molecule has 0 bridgehead atoms. The average Bonchev–Trinajstić information content (AvgIpc) is 2.09. The predicted molar refractivity (Wildman–Crippen MR) is 48.8 cm³/mol. The number of nitrogens with one attached hydrogen (secondary N) is 1. The molecule has 0 saturated carbocycles. The van der Waals surface area contributed by atoms with E-state index in [1.807, 2.05) is 6.92 Å². The van der Waals surface area contributed by atoms with Crippen molar-refractivity contribution in [2.45, 2.75) is 24.6 Å². The molecule has 0 spiro atoms. The molecular formula is C6H9NO2S2. The zero-order valence-corrected chi connectivity index (χ0v) is 7.67. The SMILES string of the molecule is CC1SC(=S)NC1CC(=O)O. The van der Waals surface area contributed by atoms with Gasteiger partial charge in [-0.1, -0.05) is 30.9 Å². The molecule has 1 fully saturated rings. The molecule has 5 heteroatoms. The summed E-state index contributed by atoms with van der Waals surface area (Å²) in [5.74, 6) is -0.778. The first-order valence-corrected chi connectivity index (χ1v) is 4.57. The van der Waals surface area contributed by atoms with Crippen LogP contribution in [0, 0.1) is 0 Å². The van der Waals surface area contributed by atoms with Crippen LogP contribution in [0.5, 0.6) is 0 Å². The molecule has 1 heterocycles. The normalized spacial score (nSPS) is 30.1. The largest absolute Gasteiger partial charge is 0.481 e. The van der Waals surface area contributed by atoms with Crippen molar-refractivity contribution in [3.63, 3.8) is 0 Å². The Morgan fingerprint density at radius 1 is 1.91 bits per heavy atom. The van der Waals surface area contributed by atoms with Crippen LogP contribution < -0.4 is 5.32 Å². The molecule has 62 valence electrons. The molecule has 1 aliphatic rings. The molecule has 0 aromatic heterocycles. The Morgan fingerprint density at radius 3 is 2.91 bits per heavy atom. The van der Waals surface area contributed by atoms with E-state index in [1.165, 1.54) is 11.8 Å². The minimum absolute atomic E-state index is 0.00463. The lowest BCUT2D eigenvalue weighted by atomic mass is 10.1. The van der Waals surface area contributed by atoms with Gasteiger partial charge < -0.3 is 10.4 Å². The molecular weight excluding hydrogens is 182 g/mol. The first-order valence-electron chi connectivity index (χ1n) is 3.28. The quantitative estimate of drug-likeness (QED) is 0.633. The maximum atomic E-state index is 10.3. The Kier molecular flexibility index (Phi) is 2.72. The van der Waals surface area contributed by atoms with E-state index < -0.39 is 5.97 Å². The summed E-state index contributed by atoms with van der Waals surface area (Å²) in [6.07, 6.45) is 0.147. The molecule has 0 aromatic carbocycles. The smallest absolute Gasteiger partial charge is 0.305 e. The number of thioether (sulfide) groups is 1. The lowest BCUT2D eigenvalue weighted by Gasteiger charge is -2.10. The first-order chi connectivity index (χ1) is 5.09. The van der Waals surface area contributed by atoms with Gasteiger partial charge in [0, 0.05) is 11.3 Å². The number of rotatable bonds is 2. The van der Waals surface area contributed by atoms with Gasteiger partial charge in [-0.05, 0) is 0 Å². The second-order valence-corrected chi connectivity index (χ2v) is 4.51. The molecule has 1 aliphatic heterocycles. The van der Waals surface area contributed by atoms with E-state index >= 15 is 0 Å². The van der Waals surface area contributed by atoms with Crippen LogP contribution in [-0.2, 0) is 4.79 Å². The fourth-order valence-corrected chi connectivity index (χ4v) is 2.45. The molecule has 0 radical (unpaired) electrons. The Labute approximate surface area is 74.5 Å². The molecule has 11 heavy (non-hydrogen) atoms. The molecule has 1 saturated heterocycles. The van der Waals surface area contributed by atoms with E-state index in [0.717, 1.165) is 0 Å². The van der Waals surface area contributed by atoms with E-state index in [-0.39, 0.29) is 17.7 Å². The molecule has 1 rings (SSSR count). The lowest BCUT2D eigenvalue weighted by molar-refractivity contribution is -0.137. The van der Waals surface area contributed by atoms with Crippen LogP contribution in [0.25, 0.3) is 0 Å². The predicted octanol–water partition coefficient (Wildman–Crippen LogP) is 0.839. The van der Waals surface area contributed by atoms with Crippen molar-refractivity contribution < 1.29 is 9.90 Å². The summed E-state index contributed by atoms with van der Waals surface area (Å²) >= 11 is 6.41. The number of carbonyl (C=O) groups is 1. The van der Waals surface area contributed by atoms with Gasteiger partial charge >= 0.3 is 5.97 Å². The van der Waals surface area contributed by atoms with E-state index in [0.29, 0.717) is 4.32 Å². The highest BCUT2D eigenvalue weighted by Crippen LogP contribution is 2.24. The maximum absolute atomic E-state index is 10.3. The number of aliphatic carboxylic acids is 1. The molecule has 0 aliphatic carbocycles. The van der Waals surface area contributed by atoms with Gasteiger partial charge in [0.25, 0.3) is 0 Å². The van der Waals surface area contributed by atoms with E-state index in [9.17, 15) is 4.79 Å². The van der Waals surface area contributed by atoms with E-state index in [1.54, 1.807) is 0 Å². The second kappa shape index (κ2) is 3.40. The molecule has 2 atom stereocenters. The summed E-state index contributed by atoms with van der Waals surface area (Å²) in [6.45, 7) is 1.98. The second-order valence-electron chi connectivity index (χ2n) is 2.46. The van der Waals surface area contributed by atoms with Gasteiger partial charge in [0.1, 0.15) is 4.32 Å². The van der Waals surface area contributed by atoms with Crippen molar-refractivity contribution in [1.29, 1.82) is 0 Å². The third-order valence-electron chi connectivity index (χ3n) is 1.56. The number of carboxylic acid groups (broad SMARTS) is 1. The van der Waals surface area contributed by atoms with Gasteiger partial charge in [-0.2, -0.15) is 0 Å². The first kappa shape index (κ1) is 8.80. The Balaban J connectivity index is 2.46. The van der Waals surface area contributed by atoms with Crippen molar-refractivity contribution >= 4 is 34.3 Å². The van der Waals surface area contributed by atoms with Crippen LogP contribution in [0.2, 0.25) is 0 Å². The Hall–Kier alpha value is -0.290. The molecule has 0 aromatic rings. The average molecular weight is 191 g/mol. The van der Waals surface area contributed by atoms with Gasteiger partial charge in [-0.15, -0.1) is 0 Å². The summed E-state index contributed by atoms with van der Waals surface area (Å²) in [5, 5.41) is 11.7. The lowest BCUT2D eigenvalue weighted by Crippen LogP contribution is -2.32. The van der Waals surface area contributed by atoms with E-state index in [2.05, 4.69) is 5.32 Å². The number of hydrogen-bond donors (Lipinski definition) is 2. The zero-order chi connectivity index (χ0) is 8.43. The molecule has 2 N–H and O–H groups in total. The number of carboxylic acids is 1. The highest BCUT2D eigenvalue weighted by molar-refractivity contribution is 8.23. The van der Waals surface area contributed by atoms with Crippen LogP contribution in [0.3, 0.4) is 0 Å². The fraction of sp³-hybridized carbons (Fsp3) is 0.667. The summed E-state index contributed by atoms with van der Waals surface area (Å²) in [4.78, 5) is 10.3. The summed E-state index contributed by atoms with van der Waals surface area (Å²) in [6, 6.07) is 0.00463. The fourth-order valence-electron chi connectivity index (χ4n) is 0.959. The van der Waals surface area contributed by atoms with Gasteiger partial charge in [0.15, 0.2) is 0 Å². The van der Waals surface area contributed by atoms with Crippen LogP contribution in [-0.4, -0.2) is 26.7 Å². The number of hydrogen-bond acceptors (Lipinski definition) is 3. The third kappa shape index (κ3) is 2.34. The van der Waals surface area contributed by atoms with Crippen LogP contribution in [0.15, 0.2) is 0 Å². The highest BCUT2D eigenvalue weighted by atomic mass is 32.2. The molecule has 0 amide bonds.